The fourth-order valence-corrected chi connectivity index (χ4v) is 4.68. The minimum absolute atomic E-state index is 0.120. The number of rotatable bonds is 2. The lowest BCUT2D eigenvalue weighted by atomic mass is 9.93. The number of aryl methyl sites for hydroxylation is 2. The van der Waals surface area contributed by atoms with E-state index in [1.54, 1.807) is 13.8 Å². The van der Waals surface area contributed by atoms with Crippen molar-refractivity contribution in [1.29, 1.82) is 0 Å². The van der Waals surface area contributed by atoms with E-state index < -0.39 is 0 Å². The highest BCUT2D eigenvalue weighted by Crippen LogP contribution is 2.36. The van der Waals surface area contributed by atoms with Gasteiger partial charge in [0.2, 0.25) is 0 Å². The topological polar surface area (TPSA) is 34.1 Å². The molecule has 0 bridgehead atoms. The van der Waals surface area contributed by atoms with Crippen LogP contribution in [-0.4, -0.2) is 10.2 Å². The molecule has 130 valence electrons. The summed E-state index contributed by atoms with van der Waals surface area (Å²) in [4.78, 5) is 24.9. The van der Waals surface area contributed by atoms with E-state index in [-0.39, 0.29) is 10.2 Å². The average molecular weight is 371 g/mol. The van der Waals surface area contributed by atoms with Gasteiger partial charge in [0.1, 0.15) is 0 Å². The Hall–Kier alpha value is -1.52. The zero-order chi connectivity index (χ0) is 17.8. The van der Waals surface area contributed by atoms with Crippen LogP contribution in [0.2, 0.25) is 0 Å². The zero-order valence-electron chi connectivity index (χ0n) is 14.6. The van der Waals surface area contributed by atoms with Crippen LogP contribution in [0.5, 0.6) is 0 Å². The summed E-state index contributed by atoms with van der Waals surface area (Å²) < 4.78 is 0. The third-order valence-electron chi connectivity index (χ3n) is 4.36. The van der Waals surface area contributed by atoms with Crippen molar-refractivity contribution in [3.63, 3.8) is 0 Å². The van der Waals surface area contributed by atoms with Crippen LogP contribution in [0.25, 0.3) is 11.1 Å². The fourth-order valence-electron chi connectivity index (χ4n) is 3.35. The van der Waals surface area contributed by atoms with Crippen molar-refractivity contribution in [2.75, 3.05) is 0 Å². The first-order valence-electron chi connectivity index (χ1n) is 8.66. The summed E-state index contributed by atoms with van der Waals surface area (Å²) in [5, 5.41) is 0.239. The molecule has 0 atom stereocenters. The van der Waals surface area contributed by atoms with E-state index in [9.17, 15) is 9.59 Å². The van der Waals surface area contributed by atoms with Gasteiger partial charge in [-0.2, -0.15) is 0 Å². The molecule has 4 heteroatoms. The summed E-state index contributed by atoms with van der Waals surface area (Å²) in [7, 11) is 0. The van der Waals surface area contributed by atoms with Gasteiger partial charge < -0.3 is 0 Å². The minimum atomic E-state index is 0.120. The maximum Gasteiger partial charge on any atom is 0.190 e. The molecule has 1 aliphatic carbocycles. The van der Waals surface area contributed by atoms with Crippen LogP contribution in [0.4, 0.5) is 0 Å². The summed E-state index contributed by atoms with van der Waals surface area (Å²) in [6, 6.07) is 12.8. The molecular weight excluding hydrogens is 348 g/mol. The van der Waals surface area contributed by atoms with Crippen molar-refractivity contribution in [3.05, 3.63) is 47.5 Å². The molecule has 25 heavy (non-hydrogen) atoms. The van der Waals surface area contributed by atoms with E-state index in [2.05, 4.69) is 24.3 Å². The number of fused-ring (bicyclic) bond motifs is 3. The summed E-state index contributed by atoms with van der Waals surface area (Å²) in [6.07, 6.45) is 5.64. The number of benzene rings is 2. The van der Waals surface area contributed by atoms with Crippen molar-refractivity contribution in [3.8, 4) is 11.1 Å². The Kier molecular flexibility index (Phi) is 6.02. The van der Waals surface area contributed by atoms with Crippen LogP contribution in [0.3, 0.4) is 0 Å². The number of hydrogen-bond acceptors (Lipinski definition) is 4. The first-order chi connectivity index (χ1) is 12.0. The first-order valence-corrected chi connectivity index (χ1v) is 10.3. The standard InChI is InChI=1S/C21H22O2S2/c1-14(22)24-18-8-10-20-16(12-18)6-4-3-5-7-17-13-19(25-15(2)23)9-11-21(17)20/h8-13H,3-7H2,1-2H3. The minimum Gasteiger partial charge on any atom is -0.287 e. The highest BCUT2D eigenvalue weighted by Gasteiger charge is 2.15. The predicted molar refractivity (Wildman–Crippen MR) is 106 cm³/mol. The number of thioether (sulfide) groups is 2. The van der Waals surface area contributed by atoms with Gasteiger partial charge in [0, 0.05) is 23.6 Å². The van der Waals surface area contributed by atoms with E-state index in [1.807, 2.05) is 12.1 Å². The van der Waals surface area contributed by atoms with Gasteiger partial charge in [-0.1, -0.05) is 42.1 Å². The van der Waals surface area contributed by atoms with Gasteiger partial charge in [0.25, 0.3) is 0 Å². The Balaban J connectivity index is 2.04. The van der Waals surface area contributed by atoms with Crippen LogP contribution in [0.15, 0.2) is 46.2 Å². The lowest BCUT2D eigenvalue weighted by Gasteiger charge is -2.14. The molecule has 0 amide bonds. The Morgan fingerprint density at radius 3 is 1.56 bits per heavy atom. The second-order valence-corrected chi connectivity index (χ2v) is 8.89. The van der Waals surface area contributed by atoms with Crippen molar-refractivity contribution in [2.24, 2.45) is 0 Å². The molecule has 0 heterocycles. The van der Waals surface area contributed by atoms with E-state index in [1.165, 1.54) is 65.0 Å². The van der Waals surface area contributed by atoms with Gasteiger partial charge in [-0.25, -0.2) is 0 Å². The monoisotopic (exact) mass is 370 g/mol. The molecule has 2 aromatic rings. The lowest BCUT2D eigenvalue weighted by Crippen LogP contribution is -1.95. The van der Waals surface area contributed by atoms with Crippen LogP contribution in [0.1, 0.15) is 44.2 Å². The maximum absolute atomic E-state index is 11.4. The smallest absolute Gasteiger partial charge is 0.190 e. The zero-order valence-corrected chi connectivity index (χ0v) is 16.3. The van der Waals surface area contributed by atoms with Crippen molar-refractivity contribution < 1.29 is 9.59 Å². The van der Waals surface area contributed by atoms with Gasteiger partial charge in [0.15, 0.2) is 10.2 Å². The van der Waals surface area contributed by atoms with Gasteiger partial charge in [-0.15, -0.1) is 0 Å². The van der Waals surface area contributed by atoms with Crippen LogP contribution >= 0.6 is 23.5 Å². The molecule has 0 saturated heterocycles. The number of carbonyl (C=O) groups excluding carboxylic acids is 2. The summed E-state index contributed by atoms with van der Waals surface area (Å²) in [5.74, 6) is 0. The van der Waals surface area contributed by atoms with Crippen molar-refractivity contribution in [1.82, 2.24) is 0 Å². The van der Waals surface area contributed by atoms with Gasteiger partial charge in [0.05, 0.1) is 0 Å². The summed E-state index contributed by atoms with van der Waals surface area (Å²) >= 11 is 2.60. The molecule has 2 aromatic carbocycles. The molecule has 3 rings (SSSR count). The Morgan fingerprint density at radius 1 is 0.720 bits per heavy atom. The molecule has 0 N–H and O–H groups in total. The quantitative estimate of drug-likeness (QED) is 0.616. The van der Waals surface area contributed by atoms with E-state index in [0.717, 1.165) is 22.6 Å². The SMILES string of the molecule is CC(=O)Sc1ccc2c(c1)CCCCCc1cc(SC(C)=O)ccc1-2. The van der Waals surface area contributed by atoms with Crippen LogP contribution in [-0.2, 0) is 22.4 Å². The molecule has 0 radical (unpaired) electrons. The van der Waals surface area contributed by atoms with Crippen LogP contribution < -0.4 is 0 Å². The maximum atomic E-state index is 11.4. The van der Waals surface area contributed by atoms with Crippen molar-refractivity contribution >= 4 is 33.8 Å². The Morgan fingerprint density at radius 2 is 1.16 bits per heavy atom. The van der Waals surface area contributed by atoms with Gasteiger partial charge >= 0.3 is 0 Å². The highest BCUT2D eigenvalue weighted by atomic mass is 32.2. The summed E-state index contributed by atoms with van der Waals surface area (Å²) in [6.45, 7) is 3.21. The molecule has 1 aliphatic rings. The van der Waals surface area contributed by atoms with Crippen LogP contribution in [0, 0.1) is 0 Å². The summed E-state index contributed by atoms with van der Waals surface area (Å²) in [5.41, 5.74) is 5.18. The largest absolute Gasteiger partial charge is 0.287 e. The van der Waals surface area contributed by atoms with Gasteiger partial charge in [-0.3, -0.25) is 9.59 Å². The molecular formula is C21H22O2S2. The van der Waals surface area contributed by atoms with Gasteiger partial charge in [-0.05, 0) is 72.2 Å². The Bertz CT molecular complexity index is 744. The first kappa shape index (κ1) is 18.3. The lowest BCUT2D eigenvalue weighted by molar-refractivity contribution is -0.109. The normalized spacial score (nSPS) is 13.8. The molecule has 0 aliphatic heterocycles. The molecule has 0 fully saturated rings. The van der Waals surface area contributed by atoms with E-state index in [4.69, 9.17) is 0 Å². The fraction of sp³-hybridized carbons (Fsp3) is 0.333. The second kappa shape index (κ2) is 8.24. The third-order valence-corrected chi connectivity index (χ3v) is 5.91. The molecule has 0 saturated carbocycles. The molecule has 2 nitrogen and oxygen atoms in total. The average Bonchev–Trinajstić information content (AvgIpc) is 2.62. The van der Waals surface area contributed by atoms with E-state index >= 15 is 0 Å². The highest BCUT2D eigenvalue weighted by molar-refractivity contribution is 8.13. The number of carbonyl (C=O) groups is 2. The van der Waals surface area contributed by atoms with E-state index in [0.29, 0.717) is 0 Å². The third kappa shape index (κ3) is 4.77. The predicted octanol–water partition coefficient (Wildman–Crippen LogP) is 5.90. The van der Waals surface area contributed by atoms with Crippen molar-refractivity contribution in [2.45, 2.75) is 55.7 Å². The molecule has 0 unspecified atom stereocenters. The molecule has 0 aromatic heterocycles. The molecule has 0 spiro atoms. The second-order valence-electron chi connectivity index (χ2n) is 6.39. The number of hydrogen-bond donors (Lipinski definition) is 0. The Labute approximate surface area is 157 Å².